The molecule has 0 radical (unpaired) electrons. The van der Waals surface area contributed by atoms with Gasteiger partial charge in [-0.05, 0) is 24.5 Å². The zero-order chi connectivity index (χ0) is 20.3. The highest BCUT2D eigenvalue weighted by molar-refractivity contribution is 6.24. The van der Waals surface area contributed by atoms with Gasteiger partial charge in [0.25, 0.3) is 11.8 Å². The van der Waals surface area contributed by atoms with Crippen LogP contribution in [0.4, 0.5) is 0 Å². The smallest absolute Gasteiger partial charge is 0.262 e. The van der Waals surface area contributed by atoms with Crippen molar-refractivity contribution in [1.82, 2.24) is 15.5 Å². The minimum Gasteiger partial charge on any atom is -0.356 e. The molecule has 2 aliphatic heterocycles. The van der Waals surface area contributed by atoms with Crippen molar-refractivity contribution in [2.45, 2.75) is 51.5 Å². The first kappa shape index (κ1) is 19.7. The Labute approximate surface area is 162 Å². The molecule has 2 N–H and O–H groups in total. The summed E-state index contributed by atoms with van der Waals surface area (Å²) in [4.78, 5) is 62.3. The number of imide groups is 2. The van der Waals surface area contributed by atoms with Crippen molar-refractivity contribution in [1.29, 1.82) is 0 Å². The number of carbonyl (C=O) groups is 5. The van der Waals surface area contributed by atoms with E-state index in [1.165, 1.54) is 6.07 Å². The van der Waals surface area contributed by atoms with E-state index in [9.17, 15) is 24.0 Å². The number of fused-ring (bicyclic) bond motifs is 1. The van der Waals surface area contributed by atoms with Gasteiger partial charge in [-0.2, -0.15) is 0 Å². The Bertz CT molecular complexity index is 848. The molecule has 1 unspecified atom stereocenters. The number of nitrogens with one attached hydrogen (secondary N) is 2. The minimum atomic E-state index is -1.01. The Kier molecular flexibility index (Phi) is 5.87. The molecule has 8 nitrogen and oxygen atoms in total. The van der Waals surface area contributed by atoms with Crippen LogP contribution in [-0.2, 0) is 20.8 Å². The summed E-state index contributed by atoms with van der Waals surface area (Å²) in [6.45, 7) is 2.64. The van der Waals surface area contributed by atoms with Crippen LogP contribution in [0.15, 0.2) is 18.2 Å². The first-order valence-corrected chi connectivity index (χ1v) is 9.54. The van der Waals surface area contributed by atoms with Gasteiger partial charge in [0, 0.05) is 13.0 Å². The summed E-state index contributed by atoms with van der Waals surface area (Å²) in [6, 6.07) is 3.77. The SMILES string of the molecule is CCCCCNC(=O)Cc1cccc2c1C(=O)N(C1CCC(=O)NC1=O)C2=O. The second-order valence-electron chi connectivity index (χ2n) is 7.02. The molecule has 2 aliphatic rings. The fraction of sp³-hybridized carbons (Fsp3) is 0.450. The van der Waals surface area contributed by atoms with Crippen molar-refractivity contribution in [3.63, 3.8) is 0 Å². The largest absolute Gasteiger partial charge is 0.356 e. The average Bonchev–Trinajstić information content (AvgIpc) is 2.91. The molecule has 1 fully saturated rings. The van der Waals surface area contributed by atoms with Crippen LogP contribution in [0.5, 0.6) is 0 Å². The van der Waals surface area contributed by atoms with Crippen LogP contribution in [0.25, 0.3) is 0 Å². The van der Waals surface area contributed by atoms with Gasteiger partial charge < -0.3 is 5.32 Å². The van der Waals surface area contributed by atoms with Crippen molar-refractivity contribution in [3.05, 3.63) is 34.9 Å². The van der Waals surface area contributed by atoms with Gasteiger partial charge in [0.1, 0.15) is 6.04 Å². The standard InChI is InChI=1S/C20H23N3O5/c1-2-3-4-10-21-16(25)11-12-6-5-7-13-17(12)20(28)23(19(13)27)14-8-9-15(24)22-18(14)26/h5-7,14H,2-4,8-11H2,1H3,(H,21,25)(H,22,24,26). The number of carbonyl (C=O) groups excluding carboxylic acids is 5. The van der Waals surface area contributed by atoms with Crippen LogP contribution in [0, 0.1) is 0 Å². The van der Waals surface area contributed by atoms with Crippen molar-refractivity contribution in [3.8, 4) is 0 Å². The van der Waals surface area contributed by atoms with Crippen LogP contribution in [0.2, 0.25) is 0 Å². The molecule has 5 amide bonds. The summed E-state index contributed by atoms with van der Waals surface area (Å²) in [5.41, 5.74) is 0.811. The first-order valence-electron chi connectivity index (χ1n) is 9.54. The van der Waals surface area contributed by atoms with Gasteiger partial charge in [0.15, 0.2) is 0 Å². The number of rotatable bonds is 7. The summed E-state index contributed by atoms with van der Waals surface area (Å²) >= 11 is 0. The van der Waals surface area contributed by atoms with Crippen LogP contribution in [-0.4, -0.2) is 47.0 Å². The zero-order valence-corrected chi connectivity index (χ0v) is 15.7. The number of hydrogen-bond acceptors (Lipinski definition) is 5. The topological polar surface area (TPSA) is 113 Å². The molecule has 2 heterocycles. The molecule has 3 rings (SSSR count). The van der Waals surface area contributed by atoms with E-state index < -0.39 is 29.7 Å². The zero-order valence-electron chi connectivity index (χ0n) is 15.7. The average molecular weight is 385 g/mol. The fourth-order valence-corrected chi connectivity index (χ4v) is 3.57. The summed E-state index contributed by atoms with van der Waals surface area (Å²) in [6.07, 6.45) is 3.11. The normalized spacial score (nSPS) is 18.9. The highest BCUT2D eigenvalue weighted by atomic mass is 16.2. The molecule has 0 aromatic heterocycles. The maximum atomic E-state index is 12.9. The van der Waals surface area contributed by atoms with Crippen LogP contribution >= 0.6 is 0 Å². The van der Waals surface area contributed by atoms with E-state index in [2.05, 4.69) is 17.6 Å². The van der Waals surface area contributed by atoms with Gasteiger partial charge in [-0.15, -0.1) is 0 Å². The highest BCUT2D eigenvalue weighted by Crippen LogP contribution is 2.30. The summed E-state index contributed by atoms with van der Waals surface area (Å²) in [5.74, 6) is -2.45. The lowest BCUT2D eigenvalue weighted by Crippen LogP contribution is -2.54. The predicted octanol–water partition coefficient (Wildman–Crippen LogP) is 0.937. The number of hydrogen-bond donors (Lipinski definition) is 2. The Balaban J connectivity index is 1.77. The van der Waals surface area contributed by atoms with Gasteiger partial charge in [-0.25, -0.2) is 0 Å². The van der Waals surface area contributed by atoms with Crippen molar-refractivity contribution in [2.24, 2.45) is 0 Å². The Morgan fingerprint density at radius 3 is 2.68 bits per heavy atom. The Hall–Kier alpha value is -3.03. The molecule has 28 heavy (non-hydrogen) atoms. The van der Waals surface area contributed by atoms with Gasteiger partial charge in [-0.1, -0.05) is 31.9 Å². The summed E-state index contributed by atoms with van der Waals surface area (Å²) in [5, 5.41) is 4.99. The second-order valence-corrected chi connectivity index (χ2v) is 7.02. The summed E-state index contributed by atoms with van der Waals surface area (Å²) < 4.78 is 0. The molecule has 1 atom stereocenters. The molecule has 0 saturated carbocycles. The molecular formula is C20H23N3O5. The Morgan fingerprint density at radius 2 is 1.96 bits per heavy atom. The molecule has 8 heteroatoms. The van der Waals surface area contributed by atoms with E-state index in [0.717, 1.165) is 24.2 Å². The number of nitrogens with zero attached hydrogens (tertiary/aromatic N) is 1. The van der Waals surface area contributed by atoms with Crippen LogP contribution < -0.4 is 10.6 Å². The van der Waals surface area contributed by atoms with E-state index >= 15 is 0 Å². The van der Waals surface area contributed by atoms with E-state index in [0.29, 0.717) is 12.1 Å². The van der Waals surface area contributed by atoms with E-state index in [1.54, 1.807) is 12.1 Å². The third-order valence-electron chi connectivity index (χ3n) is 5.01. The monoisotopic (exact) mass is 385 g/mol. The maximum Gasteiger partial charge on any atom is 0.262 e. The number of amides is 5. The lowest BCUT2D eigenvalue weighted by atomic mass is 10.00. The minimum absolute atomic E-state index is 0.0164. The molecule has 148 valence electrons. The van der Waals surface area contributed by atoms with Gasteiger partial charge in [-0.3, -0.25) is 34.2 Å². The van der Waals surface area contributed by atoms with Gasteiger partial charge >= 0.3 is 0 Å². The maximum absolute atomic E-state index is 12.9. The van der Waals surface area contributed by atoms with Crippen molar-refractivity contribution in [2.75, 3.05) is 6.54 Å². The third-order valence-corrected chi connectivity index (χ3v) is 5.01. The number of benzene rings is 1. The van der Waals surface area contributed by atoms with E-state index in [4.69, 9.17) is 0 Å². The third kappa shape index (κ3) is 3.81. The highest BCUT2D eigenvalue weighted by Gasteiger charge is 2.45. The molecule has 0 spiro atoms. The van der Waals surface area contributed by atoms with Gasteiger partial charge in [0.2, 0.25) is 17.7 Å². The van der Waals surface area contributed by atoms with E-state index in [1.807, 2.05) is 0 Å². The Morgan fingerprint density at radius 1 is 1.18 bits per heavy atom. The summed E-state index contributed by atoms with van der Waals surface area (Å²) in [7, 11) is 0. The quantitative estimate of drug-likeness (QED) is 0.536. The van der Waals surface area contributed by atoms with Crippen molar-refractivity contribution < 1.29 is 24.0 Å². The second kappa shape index (κ2) is 8.33. The lowest BCUT2D eigenvalue weighted by Gasteiger charge is -2.27. The first-order chi connectivity index (χ1) is 13.4. The molecule has 0 aliphatic carbocycles. The fourth-order valence-electron chi connectivity index (χ4n) is 3.57. The molecular weight excluding hydrogens is 362 g/mol. The number of unbranched alkanes of at least 4 members (excludes halogenated alkanes) is 2. The number of piperidine rings is 1. The lowest BCUT2D eigenvalue weighted by molar-refractivity contribution is -0.136. The van der Waals surface area contributed by atoms with Crippen molar-refractivity contribution >= 4 is 29.5 Å². The van der Waals surface area contributed by atoms with E-state index in [-0.39, 0.29) is 36.3 Å². The van der Waals surface area contributed by atoms with Gasteiger partial charge in [0.05, 0.1) is 17.5 Å². The van der Waals surface area contributed by atoms with Crippen LogP contribution in [0.1, 0.15) is 65.3 Å². The molecule has 1 aromatic carbocycles. The molecule has 0 bridgehead atoms. The predicted molar refractivity (Wildman–Crippen MR) is 99.4 cm³/mol. The molecule has 1 saturated heterocycles. The molecule has 1 aromatic rings. The van der Waals surface area contributed by atoms with Crippen LogP contribution in [0.3, 0.4) is 0 Å².